The highest BCUT2D eigenvalue weighted by Crippen LogP contribution is 2.36. The molecule has 0 amide bonds. The summed E-state index contributed by atoms with van der Waals surface area (Å²) in [5.41, 5.74) is 1.47. The van der Waals surface area contributed by atoms with Crippen molar-refractivity contribution in [3.63, 3.8) is 0 Å². The van der Waals surface area contributed by atoms with Crippen LogP contribution in [0.15, 0.2) is 36.4 Å². The minimum absolute atomic E-state index is 0.169. The summed E-state index contributed by atoms with van der Waals surface area (Å²) in [5, 5.41) is 10.5. The van der Waals surface area contributed by atoms with Crippen LogP contribution < -0.4 is 14.2 Å². The van der Waals surface area contributed by atoms with E-state index in [4.69, 9.17) is 14.2 Å². The number of phenolic OH excluding ortho intramolecular Hbond substituents is 1. The quantitative estimate of drug-likeness (QED) is 0.594. The lowest BCUT2D eigenvalue weighted by Gasteiger charge is -2.21. The summed E-state index contributed by atoms with van der Waals surface area (Å²) in [6, 6.07) is 8.75. The van der Waals surface area contributed by atoms with E-state index in [0.717, 1.165) is 5.56 Å². The molecule has 0 aliphatic rings. The third-order valence-electron chi connectivity index (χ3n) is 4.25. The number of hydrogen-bond donors (Lipinski definition) is 1. The van der Waals surface area contributed by atoms with Crippen LogP contribution in [0.5, 0.6) is 23.0 Å². The fraction of sp³-hybridized carbons (Fsp3) is 0.318. The maximum absolute atomic E-state index is 12.8. The fourth-order valence-electron chi connectivity index (χ4n) is 2.80. The second kappa shape index (κ2) is 8.16. The monoisotopic (exact) mass is 370 g/mol. The van der Waals surface area contributed by atoms with Crippen molar-refractivity contribution in [2.75, 3.05) is 21.3 Å². The Morgan fingerprint density at radius 1 is 1.00 bits per heavy atom. The van der Waals surface area contributed by atoms with Crippen LogP contribution in [0.25, 0.3) is 6.08 Å². The summed E-state index contributed by atoms with van der Waals surface area (Å²) >= 11 is 0. The third-order valence-corrected chi connectivity index (χ3v) is 4.25. The van der Waals surface area contributed by atoms with E-state index in [0.29, 0.717) is 28.4 Å². The van der Waals surface area contributed by atoms with Crippen molar-refractivity contribution in [3.05, 3.63) is 53.1 Å². The summed E-state index contributed by atoms with van der Waals surface area (Å²) in [6.45, 7) is 6.06. The van der Waals surface area contributed by atoms with E-state index in [2.05, 4.69) is 0 Å². The van der Waals surface area contributed by atoms with Crippen molar-refractivity contribution >= 4 is 11.9 Å². The van der Waals surface area contributed by atoms with Crippen LogP contribution in [0.2, 0.25) is 0 Å². The number of hydrogen-bond acceptors (Lipinski definition) is 5. The van der Waals surface area contributed by atoms with Gasteiger partial charge in [0.2, 0.25) is 0 Å². The standard InChI is InChI=1S/C22H26O5/c1-22(2,3)16-9-7-8-14(21(16)24)10-11-17(23)20-18(26-5)12-15(25-4)13-19(20)27-6/h7-13,24H,1-6H3/b11-10+. The molecule has 0 aromatic heterocycles. The molecule has 0 aliphatic carbocycles. The van der Waals surface area contributed by atoms with Crippen LogP contribution in [-0.4, -0.2) is 32.2 Å². The average Bonchev–Trinajstić information content (AvgIpc) is 2.64. The molecule has 0 saturated heterocycles. The Kier molecular flexibility index (Phi) is 6.16. The Hall–Kier alpha value is -2.95. The van der Waals surface area contributed by atoms with Crippen LogP contribution >= 0.6 is 0 Å². The van der Waals surface area contributed by atoms with Gasteiger partial charge < -0.3 is 19.3 Å². The molecule has 0 fully saturated rings. The van der Waals surface area contributed by atoms with Gasteiger partial charge in [0.05, 0.1) is 21.3 Å². The minimum Gasteiger partial charge on any atom is -0.507 e. The molecular formula is C22H26O5. The first-order chi connectivity index (χ1) is 12.7. The van der Waals surface area contributed by atoms with Crippen LogP contribution in [-0.2, 0) is 5.41 Å². The summed E-state index contributed by atoms with van der Waals surface area (Å²) < 4.78 is 15.9. The Labute approximate surface area is 160 Å². The zero-order chi connectivity index (χ0) is 20.2. The molecule has 0 heterocycles. The van der Waals surface area contributed by atoms with Gasteiger partial charge in [0.1, 0.15) is 28.6 Å². The average molecular weight is 370 g/mol. The van der Waals surface area contributed by atoms with Crippen LogP contribution in [0, 0.1) is 0 Å². The molecular weight excluding hydrogens is 344 g/mol. The Bertz CT molecular complexity index is 834. The number of carbonyl (C=O) groups excluding carboxylic acids is 1. The predicted octanol–water partition coefficient (Wildman–Crippen LogP) is 4.61. The molecule has 144 valence electrons. The maximum atomic E-state index is 12.8. The highest BCUT2D eigenvalue weighted by Gasteiger charge is 2.20. The van der Waals surface area contributed by atoms with Gasteiger partial charge in [-0.1, -0.05) is 39.0 Å². The molecule has 0 saturated carbocycles. The molecule has 2 aromatic carbocycles. The van der Waals surface area contributed by atoms with E-state index < -0.39 is 0 Å². The molecule has 0 unspecified atom stereocenters. The number of ketones is 1. The van der Waals surface area contributed by atoms with Crippen molar-refractivity contribution in [2.45, 2.75) is 26.2 Å². The van der Waals surface area contributed by atoms with Gasteiger partial charge in [-0.3, -0.25) is 4.79 Å². The van der Waals surface area contributed by atoms with Gasteiger partial charge in [0.25, 0.3) is 0 Å². The molecule has 5 heteroatoms. The van der Waals surface area contributed by atoms with Gasteiger partial charge in [-0.2, -0.15) is 0 Å². The zero-order valence-electron chi connectivity index (χ0n) is 16.6. The van der Waals surface area contributed by atoms with E-state index in [1.54, 1.807) is 24.3 Å². The van der Waals surface area contributed by atoms with Gasteiger partial charge in [0.15, 0.2) is 5.78 Å². The molecule has 0 bridgehead atoms. The number of benzene rings is 2. The molecule has 0 radical (unpaired) electrons. The lowest BCUT2D eigenvalue weighted by atomic mass is 9.85. The largest absolute Gasteiger partial charge is 0.507 e. The lowest BCUT2D eigenvalue weighted by Crippen LogP contribution is -2.11. The normalized spacial score (nSPS) is 11.5. The molecule has 0 aliphatic heterocycles. The van der Waals surface area contributed by atoms with Crippen LogP contribution in [0.4, 0.5) is 0 Å². The molecule has 0 atom stereocenters. The topological polar surface area (TPSA) is 65.0 Å². The number of para-hydroxylation sites is 1. The predicted molar refractivity (Wildman–Crippen MR) is 106 cm³/mol. The molecule has 2 rings (SSSR count). The van der Waals surface area contributed by atoms with Crippen molar-refractivity contribution in [2.24, 2.45) is 0 Å². The van der Waals surface area contributed by atoms with Gasteiger partial charge in [-0.25, -0.2) is 0 Å². The number of allylic oxidation sites excluding steroid dienone is 1. The minimum atomic E-state index is -0.299. The Morgan fingerprint density at radius 2 is 1.59 bits per heavy atom. The molecule has 27 heavy (non-hydrogen) atoms. The van der Waals surface area contributed by atoms with Crippen molar-refractivity contribution in [3.8, 4) is 23.0 Å². The van der Waals surface area contributed by atoms with Gasteiger partial charge in [0, 0.05) is 17.7 Å². The number of carbonyl (C=O) groups is 1. The Balaban J connectivity index is 2.44. The van der Waals surface area contributed by atoms with Gasteiger partial charge in [-0.15, -0.1) is 0 Å². The highest BCUT2D eigenvalue weighted by molar-refractivity contribution is 6.10. The summed E-state index contributed by atoms with van der Waals surface area (Å²) in [6.07, 6.45) is 2.99. The van der Waals surface area contributed by atoms with Crippen molar-refractivity contribution in [1.29, 1.82) is 0 Å². The number of rotatable bonds is 6. The number of methoxy groups -OCH3 is 3. The highest BCUT2D eigenvalue weighted by atomic mass is 16.5. The first-order valence-corrected chi connectivity index (χ1v) is 8.57. The maximum Gasteiger partial charge on any atom is 0.193 e. The molecule has 1 N–H and O–H groups in total. The van der Waals surface area contributed by atoms with E-state index in [-0.39, 0.29) is 16.9 Å². The van der Waals surface area contributed by atoms with E-state index in [9.17, 15) is 9.90 Å². The second-order valence-electron chi connectivity index (χ2n) is 7.10. The van der Waals surface area contributed by atoms with E-state index in [1.807, 2.05) is 32.9 Å². The van der Waals surface area contributed by atoms with Gasteiger partial charge in [-0.05, 0) is 23.1 Å². The molecule has 2 aromatic rings. The number of phenols is 1. The fourth-order valence-corrected chi connectivity index (χ4v) is 2.80. The lowest BCUT2D eigenvalue weighted by molar-refractivity contribution is 0.104. The SMILES string of the molecule is COc1cc(OC)c(C(=O)/C=C/c2cccc(C(C)(C)C)c2O)c(OC)c1. The van der Waals surface area contributed by atoms with Crippen LogP contribution in [0.3, 0.4) is 0 Å². The number of ether oxygens (including phenoxy) is 3. The van der Waals surface area contributed by atoms with Crippen molar-refractivity contribution < 1.29 is 24.1 Å². The van der Waals surface area contributed by atoms with Crippen LogP contribution in [0.1, 0.15) is 42.3 Å². The first-order valence-electron chi connectivity index (χ1n) is 8.57. The van der Waals surface area contributed by atoms with E-state index in [1.165, 1.54) is 27.4 Å². The summed E-state index contributed by atoms with van der Waals surface area (Å²) in [5.74, 6) is 1.11. The van der Waals surface area contributed by atoms with Gasteiger partial charge >= 0.3 is 0 Å². The Morgan fingerprint density at radius 3 is 2.07 bits per heavy atom. The summed E-state index contributed by atoms with van der Waals surface area (Å²) in [4.78, 5) is 12.8. The summed E-state index contributed by atoms with van der Waals surface area (Å²) in [7, 11) is 4.49. The smallest absolute Gasteiger partial charge is 0.193 e. The van der Waals surface area contributed by atoms with Crippen molar-refractivity contribution in [1.82, 2.24) is 0 Å². The molecule has 0 spiro atoms. The first kappa shape index (κ1) is 20.4. The molecule has 5 nitrogen and oxygen atoms in total. The zero-order valence-corrected chi connectivity index (χ0v) is 16.6. The number of aromatic hydroxyl groups is 1. The third kappa shape index (κ3) is 4.42. The van der Waals surface area contributed by atoms with E-state index >= 15 is 0 Å². The second-order valence-corrected chi connectivity index (χ2v) is 7.10.